The van der Waals surface area contributed by atoms with Gasteiger partial charge >= 0.3 is 0 Å². The number of unbranched alkanes of at least 4 members (excludes halogenated alkanes) is 2. The molecule has 1 heterocycles. The van der Waals surface area contributed by atoms with Crippen molar-refractivity contribution in [1.82, 2.24) is 9.55 Å². The molecular formula is C16H25N3. The monoisotopic (exact) mass is 259 g/mol. The van der Waals surface area contributed by atoms with E-state index in [4.69, 9.17) is 10.7 Å². The average molecular weight is 259 g/mol. The predicted molar refractivity (Wildman–Crippen MR) is 81.2 cm³/mol. The molecular weight excluding hydrogens is 234 g/mol. The van der Waals surface area contributed by atoms with Gasteiger partial charge in [0.2, 0.25) is 0 Å². The third-order valence-corrected chi connectivity index (χ3v) is 3.69. The summed E-state index contributed by atoms with van der Waals surface area (Å²) >= 11 is 0. The van der Waals surface area contributed by atoms with Gasteiger partial charge in [-0.3, -0.25) is 0 Å². The lowest BCUT2D eigenvalue weighted by molar-refractivity contribution is 0.549. The number of aromatic nitrogens is 2. The van der Waals surface area contributed by atoms with Crippen LogP contribution in [0, 0.1) is 6.92 Å². The fourth-order valence-electron chi connectivity index (χ4n) is 2.48. The van der Waals surface area contributed by atoms with Crippen LogP contribution in [0.15, 0.2) is 18.2 Å². The Balaban J connectivity index is 2.42. The van der Waals surface area contributed by atoms with Crippen molar-refractivity contribution < 1.29 is 0 Å². The normalized spacial score (nSPS) is 13.1. The summed E-state index contributed by atoms with van der Waals surface area (Å²) in [4.78, 5) is 4.76. The number of hydrogen-bond acceptors (Lipinski definition) is 2. The average Bonchev–Trinajstić information content (AvgIpc) is 2.76. The lowest BCUT2D eigenvalue weighted by Gasteiger charge is -2.13. The highest BCUT2D eigenvalue weighted by molar-refractivity contribution is 5.77. The molecule has 1 aromatic carbocycles. The van der Waals surface area contributed by atoms with Crippen LogP contribution in [0.4, 0.5) is 0 Å². The summed E-state index contributed by atoms with van der Waals surface area (Å²) in [6, 6.07) is 6.52. The molecule has 0 fully saturated rings. The van der Waals surface area contributed by atoms with Gasteiger partial charge in [-0.25, -0.2) is 4.98 Å². The van der Waals surface area contributed by atoms with Gasteiger partial charge in [-0.1, -0.05) is 32.8 Å². The predicted octanol–water partition coefficient (Wildman–Crippen LogP) is 3.94. The molecule has 0 aliphatic heterocycles. The van der Waals surface area contributed by atoms with Crippen LogP contribution in [-0.4, -0.2) is 9.55 Å². The van der Waals surface area contributed by atoms with Crippen molar-refractivity contribution in [3.8, 4) is 0 Å². The molecule has 2 N–H and O–H groups in total. The molecule has 0 spiro atoms. The highest BCUT2D eigenvalue weighted by atomic mass is 15.1. The Hall–Kier alpha value is -1.35. The van der Waals surface area contributed by atoms with E-state index in [1.807, 2.05) is 0 Å². The number of imidazole rings is 1. The van der Waals surface area contributed by atoms with Gasteiger partial charge < -0.3 is 10.3 Å². The molecule has 104 valence electrons. The van der Waals surface area contributed by atoms with Gasteiger partial charge in [-0.2, -0.15) is 0 Å². The van der Waals surface area contributed by atoms with Crippen LogP contribution in [-0.2, 0) is 6.54 Å². The van der Waals surface area contributed by atoms with Crippen LogP contribution in [0.3, 0.4) is 0 Å². The topological polar surface area (TPSA) is 43.8 Å². The summed E-state index contributed by atoms with van der Waals surface area (Å²) in [7, 11) is 0. The van der Waals surface area contributed by atoms with E-state index in [-0.39, 0.29) is 6.04 Å². The van der Waals surface area contributed by atoms with Crippen LogP contribution >= 0.6 is 0 Å². The van der Waals surface area contributed by atoms with Gasteiger partial charge in [0.15, 0.2) is 0 Å². The Morgan fingerprint density at radius 1 is 1.26 bits per heavy atom. The highest BCUT2D eigenvalue weighted by Crippen LogP contribution is 2.23. The lowest BCUT2D eigenvalue weighted by Crippen LogP contribution is -2.16. The molecule has 2 aromatic rings. The zero-order valence-corrected chi connectivity index (χ0v) is 12.3. The van der Waals surface area contributed by atoms with Crippen LogP contribution in [0.1, 0.15) is 57.0 Å². The summed E-state index contributed by atoms with van der Waals surface area (Å²) < 4.78 is 2.32. The zero-order chi connectivity index (χ0) is 13.8. The van der Waals surface area contributed by atoms with Gasteiger partial charge in [0, 0.05) is 6.54 Å². The Morgan fingerprint density at radius 2 is 2.05 bits per heavy atom. The van der Waals surface area contributed by atoms with Crippen molar-refractivity contribution in [3.63, 3.8) is 0 Å². The minimum atomic E-state index is 0.0364. The zero-order valence-electron chi connectivity index (χ0n) is 12.3. The first-order valence-electron chi connectivity index (χ1n) is 7.39. The number of rotatable bonds is 6. The standard InChI is InChI=1S/C16H25N3/c1-4-6-7-10-19-15-9-8-12(3)11-14(15)18-16(19)13(17)5-2/h8-9,11,13H,4-7,10,17H2,1-3H3. The van der Waals surface area contributed by atoms with Crippen LogP contribution in [0.2, 0.25) is 0 Å². The second kappa shape index (κ2) is 6.20. The number of fused-ring (bicyclic) bond motifs is 1. The van der Waals surface area contributed by atoms with Crippen molar-refractivity contribution in [2.45, 2.75) is 59.0 Å². The molecule has 0 aliphatic carbocycles. The summed E-state index contributed by atoms with van der Waals surface area (Å²) in [5.41, 5.74) is 9.77. The summed E-state index contributed by atoms with van der Waals surface area (Å²) in [6.07, 6.45) is 4.61. The molecule has 0 radical (unpaired) electrons. The first kappa shape index (κ1) is 14.1. The molecule has 0 saturated heterocycles. The SMILES string of the molecule is CCCCCn1c(C(N)CC)nc2cc(C)ccc21. The summed E-state index contributed by atoms with van der Waals surface area (Å²) in [5.74, 6) is 1.04. The molecule has 3 heteroatoms. The third-order valence-electron chi connectivity index (χ3n) is 3.69. The minimum Gasteiger partial charge on any atom is -0.327 e. The molecule has 1 unspecified atom stereocenters. The number of benzene rings is 1. The molecule has 0 saturated carbocycles. The van der Waals surface area contributed by atoms with Crippen molar-refractivity contribution >= 4 is 11.0 Å². The van der Waals surface area contributed by atoms with E-state index < -0.39 is 0 Å². The van der Waals surface area contributed by atoms with E-state index in [9.17, 15) is 0 Å². The Bertz CT molecular complexity index is 542. The van der Waals surface area contributed by atoms with E-state index in [0.29, 0.717) is 0 Å². The second-order valence-corrected chi connectivity index (χ2v) is 5.34. The van der Waals surface area contributed by atoms with Gasteiger partial charge in [0.1, 0.15) is 5.82 Å². The first-order valence-corrected chi connectivity index (χ1v) is 7.39. The third kappa shape index (κ3) is 2.98. The van der Waals surface area contributed by atoms with Gasteiger partial charge in [-0.05, 0) is 37.5 Å². The van der Waals surface area contributed by atoms with Crippen molar-refractivity contribution in [2.75, 3.05) is 0 Å². The van der Waals surface area contributed by atoms with Gasteiger partial charge in [-0.15, -0.1) is 0 Å². The largest absolute Gasteiger partial charge is 0.327 e. The molecule has 1 atom stereocenters. The molecule has 0 aliphatic rings. The molecule has 19 heavy (non-hydrogen) atoms. The van der Waals surface area contributed by atoms with Crippen LogP contribution in [0.5, 0.6) is 0 Å². The van der Waals surface area contributed by atoms with Crippen molar-refractivity contribution in [3.05, 3.63) is 29.6 Å². The van der Waals surface area contributed by atoms with Crippen LogP contribution in [0.25, 0.3) is 11.0 Å². The molecule has 0 bridgehead atoms. The lowest BCUT2D eigenvalue weighted by atomic mass is 10.2. The van der Waals surface area contributed by atoms with E-state index in [2.05, 4.69) is 43.5 Å². The van der Waals surface area contributed by atoms with E-state index in [0.717, 1.165) is 24.3 Å². The number of aryl methyl sites for hydroxylation is 2. The molecule has 3 nitrogen and oxygen atoms in total. The van der Waals surface area contributed by atoms with Crippen LogP contribution < -0.4 is 5.73 Å². The van der Waals surface area contributed by atoms with E-state index >= 15 is 0 Å². The quantitative estimate of drug-likeness (QED) is 0.798. The van der Waals surface area contributed by atoms with E-state index in [1.165, 1.54) is 30.3 Å². The number of nitrogens with zero attached hydrogens (tertiary/aromatic N) is 2. The Morgan fingerprint density at radius 3 is 2.74 bits per heavy atom. The maximum atomic E-state index is 6.22. The molecule has 0 amide bonds. The van der Waals surface area contributed by atoms with Gasteiger partial charge in [0.05, 0.1) is 17.1 Å². The van der Waals surface area contributed by atoms with Crippen molar-refractivity contribution in [2.24, 2.45) is 5.73 Å². The second-order valence-electron chi connectivity index (χ2n) is 5.34. The summed E-state index contributed by atoms with van der Waals surface area (Å²) in [5, 5.41) is 0. The fraction of sp³-hybridized carbons (Fsp3) is 0.562. The fourth-order valence-corrected chi connectivity index (χ4v) is 2.48. The van der Waals surface area contributed by atoms with Crippen molar-refractivity contribution in [1.29, 1.82) is 0 Å². The summed E-state index contributed by atoms with van der Waals surface area (Å²) in [6.45, 7) is 7.48. The molecule has 1 aromatic heterocycles. The smallest absolute Gasteiger partial charge is 0.126 e. The first-order chi connectivity index (χ1) is 9.17. The minimum absolute atomic E-state index is 0.0364. The molecule has 2 rings (SSSR count). The Kier molecular flexibility index (Phi) is 4.59. The Labute approximate surface area is 115 Å². The number of hydrogen-bond donors (Lipinski definition) is 1. The maximum Gasteiger partial charge on any atom is 0.126 e. The number of nitrogens with two attached hydrogens (primary N) is 1. The van der Waals surface area contributed by atoms with Gasteiger partial charge in [0.25, 0.3) is 0 Å². The maximum absolute atomic E-state index is 6.22. The van der Waals surface area contributed by atoms with E-state index in [1.54, 1.807) is 0 Å². The highest BCUT2D eigenvalue weighted by Gasteiger charge is 2.15.